The first-order chi connectivity index (χ1) is 10.6. The van der Waals surface area contributed by atoms with Crippen molar-refractivity contribution in [1.82, 2.24) is 9.80 Å². The second-order valence-corrected chi connectivity index (χ2v) is 5.63. The van der Waals surface area contributed by atoms with Crippen LogP contribution >= 0.6 is 0 Å². The van der Waals surface area contributed by atoms with Gasteiger partial charge in [0.25, 0.3) is 0 Å². The first-order valence-electron chi connectivity index (χ1n) is 7.61. The lowest BCUT2D eigenvalue weighted by Crippen LogP contribution is -2.53. The van der Waals surface area contributed by atoms with E-state index in [9.17, 15) is 9.90 Å². The number of β-amino-alcohol motifs (C(OH)–C–C–N with tert-alkyl or cyclic N) is 1. The number of carbonyl (C=O) groups is 1. The Morgan fingerprint density at radius 2 is 1.86 bits per heavy atom. The average Bonchev–Trinajstić information content (AvgIpc) is 2.54. The SMILES string of the molecule is CC(C(=O)O)N1CCN(CC(O)COc2ccccc2)CC1. The molecule has 1 fully saturated rings. The first-order valence-corrected chi connectivity index (χ1v) is 7.61. The van der Waals surface area contributed by atoms with Gasteiger partial charge in [-0.15, -0.1) is 0 Å². The highest BCUT2D eigenvalue weighted by Gasteiger charge is 2.25. The predicted molar refractivity (Wildman–Crippen MR) is 83.1 cm³/mol. The lowest BCUT2D eigenvalue weighted by Gasteiger charge is -2.37. The first kappa shape index (κ1) is 16.7. The van der Waals surface area contributed by atoms with Gasteiger partial charge >= 0.3 is 5.97 Å². The molecule has 0 aliphatic carbocycles. The van der Waals surface area contributed by atoms with E-state index in [-0.39, 0.29) is 6.61 Å². The lowest BCUT2D eigenvalue weighted by atomic mass is 10.2. The van der Waals surface area contributed by atoms with Crippen molar-refractivity contribution < 1.29 is 19.7 Å². The molecule has 122 valence electrons. The number of para-hydroxylation sites is 1. The van der Waals surface area contributed by atoms with Crippen LogP contribution in [0.1, 0.15) is 6.92 Å². The summed E-state index contributed by atoms with van der Waals surface area (Å²) in [4.78, 5) is 15.1. The van der Waals surface area contributed by atoms with Gasteiger partial charge in [0.15, 0.2) is 0 Å². The molecule has 22 heavy (non-hydrogen) atoms. The van der Waals surface area contributed by atoms with Crippen LogP contribution in [0.25, 0.3) is 0 Å². The quantitative estimate of drug-likeness (QED) is 0.765. The fourth-order valence-electron chi connectivity index (χ4n) is 2.55. The Hall–Kier alpha value is -1.63. The Labute approximate surface area is 130 Å². The van der Waals surface area contributed by atoms with E-state index < -0.39 is 18.1 Å². The minimum absolute atomic E-state index is 0.260. The number of benzene rings is 1. The van der Waals surface area contributed by atoms with Gasteiger partial charge in [-0.05, 0) is 19.1 Å². The van der Waals surface area contributed by atoms with Gasteiger partial charge in [-0.1, -0.05) is 18.2 Å². The zero-order valence-corrected chi connectivity index (χ0v) is 12.9. The molecule has 0 aromatic heterocycles. The molecule has 0 spiro atoms. The fourth-order valence-corrected chi connectivity index (χ4v) is 2.55. The summed E-state index contributed by atoms with van der Waals surface area (Å²) in [7, 11) is 0. The van der Waals surface area contributed by atoms with Crippen molar-refractivity contribution in [3.05, 3.63) is 30.3 Å². The van der Waals surface area contributed by atoms with Crippen LogP contribution in [0.3, 0.4) is 0 Å². The van der Waals surface area contributed by atoms with Crippen LogP contribution in [-0.2, 0) is 4.79 Å². The molecule has 2 N–H and O–H groups in total. The molecule has 1 aromatic rings. The van der Waals surface area contributed by atoms with Crippen molar-refractivity contribution in [2.45, 2.75) is 19.1 Å². The zero-order chi connectivity index (χ0) is 15.9. The largest absolute Gasteiger partial charge is 0.491 e. The van der Waals surface area contributed by atoms with Crippen LogP contribution in [0.5, 0.6) is 5.75 Å². The summed E-state index contributed by atoms with van der Waals surface area (Å²) in [5.41, 5.74) is 0. The minimum Gasteiger partial charge on any atom is -0.491 e. The highest BCUT2D eigenvalue weighted by Crippen LogP contribution is 2.10. The van der Waals surface area contributed by atoms with E-state index in [0.717, 1.165) is 18.8 Å². The molecule has 0 saturated carbocycles. The Morgan fingerprint density at radius 3 is 2.45 bits per heavy atom. The number of aliphatic hydroxyl groups excluding tert-OH is 1. The second-order valence-electron chi connectivity index (χ2n) is 5.63. The Bertz CT molecular complexity index is 460. The second kappa shape index (κ2) is 8.12. The van der Waals surface area contributed by atoms with E-state index in [1.165, 1.54) is 0 Å². The number of nitrogens with zero attached hydrogens (tertiary/aromatic N) is 2. The van der Waals surface area contributed by atoms with Crippen molar-refractivity contribution >= 4 is 5.97 Å². The maximum Gasteiger partial charge on any atom is 0.320 e. The van der Waals surface area contributed by atoms with E-state index in [4.69, 9.17) is 9.84 Å². The smallest absolute Gasteiger partial charge is 0.320 e. The third-order valence-corrected chi connectivity index (χ3v) is 3.97. The molecule has 2 unspecified atom stereocenters. The van der Waals surface area contributed by atoms with E-state index >= 15 is 0 Å². The molecule has 0 radical (unpaired) electrons. The van der Waals surface area contributed by atoms with Crippen LogP contribution in [0.15, 0.2) is 30.3 Å². The third kappa shape index (κ3) is 4.98. The highest BCUT2D eigenvalue weighted by atomic mass is 16.5. The Morgan fingerprint density at radius 1 is 1.23 bits per heavy atom. The van der Waals surface area contributed by atoms with E-state index in [1.54, 1.807) is 6.92 Å². The molecular weight excluding hydrogens is 284 g/mol. The lowest BCUT2D eigenvalue weighted by molar-refractivity contribution is -0.143. The molecule has 0 amide bonds. The van der Waals surface area contributed by atoms with Crippen LogP contribution in [0.4, 0.5) is 0 Å². The van der Waals surface area contributed by atoms with Gasteiger partial charge in [0.1, 0.15) is 24.5 Å². The van der Waals surface area contributed by atoms with Gasteiger partial charge in [-0.3, -0.25) is 14.6 Å². The summed E-state index contributed by atoms with van der Waals surface area (Å²) in [6.45, 7) is 5.46. The van der Waals surface area contributed by atoms with Crippen molar-refractivity contribution in [2.24, 2.45) is 0 Å². The maximum absolute atomic E-state index is 11.0. The molecule has 0 bridgehead atoms. The van der Waals surface area contributed by atoms with Gasteiger partial charge in [0.05, 0.1) is 0 Å². The fraction of sp³-hybridized carbons (Fsp3) is 0.562. The number of hydrogen-bond acceptors (Lipinski definition) is 5. The summed E-state index contributed by atoms with van der Waals surface area (Å²) in [5.74, 6) is -0.0357. The van der Waals surface area contributed by atoms with Gasteiger partial charge in [-0.25, -0.2) is 0 Å². The van der Waals surface area contributed by atoms with Crippen molar-refractivity contribution in [3.63, 3.8) is 0 Å². The molecule has 1 heterocycles. The van der Waals surface area contributed by atoms with Gasteiger partial charge in [-0.2, -0.15) is 0 Å². The summed E-state index contributed by atoms with van der Waals surface area (Å²) < 4.78 is 5.54. The number of ether oxygens (including phenoxy) is 1. The predicted octanol–water partition coefficient (Wildman–Crippen LogP) is 0.517. The number of piperazine rings is 1. The molecule has 1 saturated heterocycles. The third-order valence-electron chi connectivity index (χ3n) is 3.97. The van der Waals surface area contributed by atoms with E-state index in [0.29, 0.717) is 19.6 Å². The molecule has 2 rings (SSSR count). The minimum atomic E-state index is -0.787. The normalized spacial score (nSPS) is 19.5. The summed E-state index contributed by atoms with van der Waals surface area (Å²) in [5, 5.41) is 19.1. The molecule has 6 nitrogen and oxygen atoms in total. The molecule has 6 heteroatoms. The van der Waals surface area contributed by atoms with Gasteiger partial charge < -0.3 is 14.9 Å². The van der Waals surface area contributed by atoms with Crippen LogP contribution in [-0.4, -0.2) is 77.5 Å². The Kier molecular flexibility index (Phi) is 6.18. The monoisotopic (exact) mass is 308 g/mol. The number of carboxylic acid groups (broad SMARTS) is 1. The summed E-state index contributed by atoms with van der Waals surface area (Å²) in [6.07, 6.45) is -0.552. The summed E-state index contributed by atoms with van der Waals surface area (Å²) >= 11 is 0. The maximum atomic E-state index is 11.0. The number of rotatable bonds is 7. The number of aliphatic hydroxyl groups is 1. The van der Waals surface area contributed by atoms with Gasteiger partial charge in [0.2, 0.25) is 0 Å². The topological polar surface area (TPSA) is 73.2 Å². The van der Waals surface area contributed by atoms with E-state index in [1.807, 2.05) is 35.2 Å². The van der Waals surface area contributed by atoms with Crippen molar-refractivity contribution in [1.29, 1.82) is 0 Å². The van der Waals surface area contributed by atoms with Crippen LogP contribution < -0.4 is 4.74 Å². The van der Waals surface area contributed by atoms with Crippen LogP contribution in [0, 0.1) is 0 Å². The van der Waals surface area contributed by atoms with Crippen LogP contribution in [0.2, 0.25) is 0 Å². The molecule has 1 aromatic carbocycles. The van der Waals surface area contributed by atoms with Crippen molar-refractivity contribution in [2.75, 3.05) is 39.3 Å². The molecule has 1 aliphatic rings. The zero-order valence-electron chi connectivity index (χ0n) is 12.9. The standard InChI is InChI=1S/C16H24N2O4/c1-13(16(20)21)18-9-7-17(8-10-18)11-14(19)12-22-15-5-3-2-4-6-15/h2-6,13-14,19H,7-12H2,1H3,(H,20,21). The number of hydrogen-bond donors (Lipinski definition) is 2. The molecule has 1 aliphatic heterocycles. The van der Waals surface area contributed by atoms with E-state index in [2.05, 4.69) is 4.90 Å². The van der Waals surface area contributed by atoms with Crippen molar-refractivity contribution in [3.8, 4) is 5.75 Å². The summed E-state index contributed by atoms with van der Waals surface area (Å²) in [6, 6.07) is 8.97. The average molecular weight is 308 g/mol. The molecular formula is C16H24N2O4. The molecule has 2 atom stereocenters. The Balaban J connectivity index is 1.68. The highest BCUT2D eigenvalue weighted by molar-refractivity contribution is 5.72. The number of aliphatic carboxylic acids is 1. The number of carboxylic acids is 1. The van der Waals surface area contributed by atoms with Gasteiger partial charge in [0, 0.05) is 32.7 Å².